The predicted octanol–water partition coefficient (Wildman–Crippen LogP) is 0.644. The number of nitrogens with two attached hydrogens (primary N) is 1. The van der Waals surface area contributed by atoms with Crippen molar-refractivity contribution >= 4 is 0 Å². The van der Waals surface area contributed by atoms with Gasteiger partial charge in [-0.05, 0) is 45.9 Å². The average molecular weight is 240 g/mol. The Kier molecular flexibility index (Phi) is 4.79. The van der Waals surface area contributed by atoms with E-state index >= 15 is 0 Å². The van der Waals surface area contributed by atoms with Crippen LogP contribution >= 0.6 is 0 Å². The lowest BCUT2D eigenvalue weighted by molar-refractivity contribution is 0.145. The highest BCUT2D eigenvalue weighted by Gasteiger charge is 2.31. The van der Waals surface area contributed by atoms with Gasteiger partial charge in [0.2, 0.25) is 0 Å². The summed E-state index contributed by atoms with van der Waals surface area (Å²) < 4.78 is 0. The molecule has 1 aliphatic heterocycles. The lowest BCUT2D eigenvalue weighted by Crippen LogP contribution is -2.55. The smallest absolute Gasteiger partial charge is 0.0386 e. The molecule has 2 fully saturated rings. The number of nitrogens with one attached hydrogen (secondary N) is 1. The van der Waals surface area contributed by atoms with Crippen molar-refractivity contribution < 1.29 is 0 Å². The van der Waals surface area contributed by atoms with Gasteiger partial charge in [-0.15, -0.1) is 0 Å². The zero-order chi connectivity index (χ0) is 12.3. The van der Waals surface area contributed by atoms with Gasteiger partial charge >= 0.3 is 0 Å². The van der Waals surface area contributed by atoms with E-state index in [0.29, 0.717) is 12.1 Å². The molecule has 1 aliphatic carbocycles. The molecule has 100 valence electrons. The molecular weight excluding hydrogens is 212 g/mol. The van der Waals surface area contributed by atoms with Gasteiger partial charge in [0.25, 0.3) is 0 Å². The van der Waals surface area contributed by atoms with Crippen molar-refractivity contribution in [3.8, 4) is 0 Å². The molecule has 1 heterocycles. The first-order chi connectivity index (χ1) is 8.20. The van der Waals surface area contributed by atoms with Crippen LogP contribution < -0.4 is 11.3 Å². The Hall–Kier alpha value is -0.160. The Morgan fingerprint density at radius 3 is 2.59 bits per heavy atom. The average Bonchev–Trinajstić information content (AvgIpc) is 2.40. The summed E-state index contributed by atoms with van der Waals surface area (Å²) in [6.07, 6.45) is 6.75. The van der Waals surface area contributed by atoms with Gasteiger partial charge in [0.05, 0.1) is 0 Å². The van der Waals surface area contributed by atoms with E-state index in [1.54, 1.807) is 0 Å². The van der Waals surface area contributed by atoms with Crippen LogP contribution in [0.2, 0.25) is 0 Å². The van der Waals surface area contributed by atoms with Crippen molar-refractivity contribution in [1.29, 1.82) is 0 Å². The second kappa shape index (κ2) is 6.14. The third kappa shape index (κ3) is 3.41. The highest BCUT2D eigenvalue weighted by Crippen LogP contribution is 2.31. The highest BCUT2D eigenvalue weighted by atomic mass is 15.3. The fourth-order valence-corrected chi connectivity index (χ4v) is 3.16. The quantitative estimate of drug-likeness (QED) is 0.559. The van der Waals surface area contributed by atoms with Gasteiger partial charge in [0, 0.05) is 18.6 Å². The van der Waals surface area contributed by atoms with E-state index in [9.17, 15) is 0 Å². The second-order valence-electron chi connectivity index (χ2n) is 5.97. The van der Waals surface area contributed by atoms with Gasteiger partial charge in [-0.2, -0.15) is 0 Å². The van der Waals surface area contributed by atoms with Gasteiger partial charge in [0.15, 0.2) is 0 Å². The van der Waals surface area contributed by atoms with E-state index in [2.05, 4.69) is 29.3 Å². The zero-order valence-electron chi connectivity index (χ0n) is 11.4. The molecule has 0 aromatic carbocycles. The first-order valence-corrected chi connectivity index (χ1v) is 7.05. The second-order valence-corrected chi connectivity index (χ2v) is 5.97. The summed E-state index contributed by atoms with van der Waals surface area (Å²) >= 11 is 0. The van der Waals surface area contributed by atoms with Crippen LogP contribution in [0.15, 0.2) is 0 Å². The third-order valence-corrected chi connectivity index (χ3v) is 4.61. The maximum Gasteiger partial charge on any atom is 0.0386 e. The minimum Gasteiger partial charge on any atom is -0.305 e. The van der Waals surface area contributed by atoms with E-state index < -0.39 is 0 Å². The Balaban J connectivity index is 1.93. The van der Waals surface area contributed by atoms with Crippen molar-refractivity contribution in [3.63, 3.8) is 0 Å². The van der Waals surface area contributed by atoms with Gasteiger partial charge in [0.1, 0.15) is 0 Å². The fraction of sp³-hybridized carbons (Fsp3) is 1.00. The van der Waals surface area contributed by atoms with Gasteiger partial charge < -0.3 is 9.80 Å². The van der Waals surface area contributed by atoms with E-state index in [4.69, 9.17) is 5.84 Å². The minimum atomic E-state index is 0.450. The standard InChI is InChI=1S/C13H28N4/c1-16-7-4-8-17(2)13(10-16)12(15-14)9-11-5-3-6-11/h11-13,15H,3-10,14H2,1-2H3. The summed E-state index contributed by atoms with van der Waals surface area (Å²) in [6.45, 7) is 3.54. The molecule has 2 atom stereocenters. The first-order valence-electron chi connectivity index (χ1n) is 7.05. The molecule has 0 spiro atoms. The molecule has 0 radical (unpaired) electrons. The Morgan fingerprint density at radius 2 is 2.00 bits per heavy atom. The van der Waals surface area contributed by atoms with Crippen LogP contribution in [-0.2, 0) is 0 Å². The topological polar surface area (TPSA) is 44.5 Å². The molecule has 4 nitrogen and oxygen atoms in total. The Morgan fingerprint density at radius 1 is 1.24 bits per heavy atom. The Bertz CT molecular complexity index is 229. The molecule has 2 aliphatic rings. The monoisotopic (exact) mass is 240 g/mol. The van der Waals surface area contributed by atoms with Crippen molar-refractivity contribution in [2.24, 2.45) is 11.8 Å². The third-order valence-electron chi connectivity index (χ3n) is 4.61. The number of likely N-dealkylation sites (N-methyl/N-ethyl adjacent to an activating group) is 2. The maximum atomic E-state index is 5.79. The van der Waals surface area contributed by atoms with E-state index in [1.807, 2.05) is 0 Å². The van der Waals surface area contributed by atoms with Crippen molar-refractivity contribution in [1.82, 2.24) is 15.2 Å². The summed E-state index contributed by atoms with van der Waals surface area (Å²) in [6, 6.07) is 1.01. The summed E-state index contributed by atoms with van der Waals surface area (Å²) in [4.78, 5) is 4.94. The van der Waals surface area contributed by atoms with Crippen molar-refractivity contribution in [2.45, 2.75) is 44.2 Å². The first kappa shape index (κ1) is 13.3. The predicted molar refractivity (Wildman–Crippen MR) is 71.6 cm³/mol. The van der Waals surface area contributed by atoms with E-state index in [-0.39, 0.29) is 0 Å². The number of hydrogen-bond acceptors (Lipinski definition) is 4. The van der Waals surface area contributed by atoms with Crippen molar-refractivity contribution in [3.05, 3.63) is 0 Å². The van der Waals surface area contributed by atoms with Gasteiger partial charge in [-0.25, -0.2) is 0 Å². The van der Waals surface area contributed by atoms with Crippen LogP contribution in [0.3, 0.4) is 0 Å². The molecule has 0 aromatic heterocycles. The minimum absolute atomic E-state index is 0.450. The molecule has 1 saturated carbocycles. The number of hydrogen-bond donors (Lipinski definition) is 2. The summed E-state index contributed by atoms with van der Waals surface area (Å²) in [5.41, 5.74) is 3.08. The number of hydrazine groups is 1. The van der Waals surface area contributed by atoms with Crippen molar-refractivity contribution in [2.75, 3.05) is 33.7 Å². The maximum absolute atomic E-state index is 5.79. The van der Waals surface area contributed by atoms with E-state index in [1.165, 1.54) is 45.2 Å². The SMILES string of the molecule is CN1CCCN(C)C(C(CC2CCC2)NN)C1. The molecule has 0 bridgehead atoms. The number of rotatable bonds is 4. The molecule has 4 heteroatoms. The van der Waals surface area contributed by atoms with E-state index in [0.717, 1.165) is 12.5 Å². The fourth-order valence-electron chi connectivity index (χ4n) is 3.16. The molecule has 2 unspecified atom stereocenters. The molecular formula is C13H28N4. The normalized spacial score (nSPS) is 30.9. The lowest BCUT2D eigenvalue weighted by atomic mass is 9.79. The molecule has 17 heavy (non-hydrogen) atoms. The van der Waals surface area contributed by atoms with Crippen LogP contribution in [0.1, 0.15) is 32.1 Å². The van der Waals surface area contributed by atoms with Crippen LogP contribution in [-0.4, -0.2) is 55.6 Å². The molecule has 0 aromatic rings. The van der Waals surface area contributed by atoms with Gasteiger partial charge in [-0.1, -0.05) is 19.3 Å². The van der Waals surface area contributed by atoms with Crippen LogP contribution in [0.4, 0.5) is 0 Å². The largest absolute Gasteiger partial charge is 0.305 e. The zero-order valence-corrected chi connectivity index (χ0v) is 11.4. The lowest BCUT2D eigenvalue weighted by Gasteiger charge is -2.38. The number of nitrogens with zero attached hydrogens (tertiary/aromatic N) is 2. The van der Waals surface area contributed by atoms with Crippen LogP contribution in [0.25, 0.3) is 0 Å². The van der Waals surface area contributed by atoms with Crippen LogP contribution in [0.5, 0.6) is 0 Å². The summed E-state index contributed by atoms with van der Waals surface area (Å²) in [5, 5.41) is 0. The summed E-state index contributed by atoms with van der Waals surface area (Å²) in [5.74, 6) is 6.71. The summed E-state index contributed by atoms with van der Waals surface area (Å²) in [7, 11) is 4.47. The molecule has 2 rings (SSSR count). The van der Waals surface area contributed by atoms with Gasteiger partial charge in [-0.3, -0.25) is 11.3 Å². The molecule has 1 saturated heterocycles. The Labute approximate surface area is 105 Å². The van der Waals surface area contributed by atoms with Crippen LogP contribution in [0, 0.1) is 5.92 Å². The molecule has 0 amide bonds. The highest BCUT2D eigenvalue weighted by molar-refractivity contribution is 4.89. The molecule has 3 N–H and O–H groups in total.